The highest BCUT2D eigenvalue weighted by Gasteiger charge is 2.14. The predicted molar refractivity (Wildman–Crippen MR) is 30.8 cm³/mol. The van der Waals surface area contributed by atoms with Crippen molar-refractivity contribution in [2.45, 2.75) is 6.43 Å². The Hall–Kier alpha value is -1.26. The standard InChI is InChI=1S/C6H4F3NO/c7-5(8)4-1-3(11)2-10-6(4)9/h1-2,5,11H. The van der Waals surface area contributed by atoms with Crippen LogP contribution in [0.1, 0.15) is 12.0 Å². The lowest BCUT2D eigenvalue weighted by Gasteiger charge is -1.99. The second kappa shape index (κ2) is 2.77. The van der Waals surface area contributed by atoms with Crippen LogP contribution in [0.15, 0.2) is 12.3 Å². The maximum Gasteiger partial charge on any atom is 0.268 e. The van der Waals surface area contributed by atoms with Crippen LogP contribution in [0.4, 0.5) is 13.2 Å². The third kappa shape index (κ3) is 1.60. The highest BCUT2D eigenvalue weighted by atomic mass is 19.3. The first-order chi connectivity index (χ1) is 5.11. The van der Waals surface area contributed by atoms with Gasteiger partial charge in [0, 0.05) is 0 Å². The fourth-order valence-electron chi connectivity index (χ4n) is 0.607. The van der Waals surface area contributed by atoms with Crippen LogP contribution in [-0.2, 0) is 0 Å². The van der Waals surface area contributed by atoms with Gasteiger partial charge in [-0.3, -0.25) is 0 Å². The number of rotatable bonds is 1. The van der Waals surface area contributed by atoms with Gasteiger partial charge in [0.1, 0.15) is 5.75 Å². The molecule has 2 nitrogen and oxygen atoms in total. The molecule has 0 atom stereocenters. The number of pyridine rings is 1. The molecule has 0 unspecified atom stereocenters. The van der Waals surface area contributed by atoms with Gasteiger partial charge in [0.05, 0.1) is 11.8 Å². The molecule has 11 heavy (non-hydrogen) atoms. The quantitative estimate of drug-likeness (QED) is 0.641. The molecule has 0 aliphatic carbocycles. The van der Waals surface area contributed by atoms with Crippen molar-refractivity contribution in [3.8, 4) is 5.75 Å². The molecule has 5 heteroatoms. The van der Waals surface area contributed by atoms with Crippen molar-refractivity contribution in [2.24, 2.45) is 0 Å². The average Bonchev–Trinajstić information content (AvgIpc) is 1.94. The fraction of sp³-hybridized carbons (Fsp3) is 0.167. The zero-order valence-corrected chi connectivity index (χ0v) is 5.26. The van der Waals surface area contributed by atoms with E-state index in [1.807, 2.05) is 0 Å². The summed E-state index contributed by atoms with van der Waals surface area (Å²) >= 11 is 0. The van der Waals surface area contributed by atoms with Gasteiger partial charge in [-0.1, -0.05) is 0 Å². The summed E-state index contributed by atoms with van der Waals surface area (Å²) in [5, 5.41) is 8.62. The second-order valence-electron chi connectivity index (χ2n) is 1.87. The topological polar surface area (TPSA) is 33.1 Å². The van der Waals surface area contributed by atoms with E-state index >= 15 is 0 Å². The maximum absolute atomic E-state index is 12.3. The van der Waals surface area contributed by atoms with Gasteiger partial charge in [-0.05, 0) is 6.07 Å². The molecule has 0 aliphatic heterocycles. The van der Waals surface area contributed by atoms with E-state index in [1.165, 1.54) is 0 Å². The minimum absolute atomic E-state index is 0.471. The molecule has 1 N–H and O–H groups in total. The van der Waals surface area contributed by atoms with Crippen molar-refractivity contribution >= 4 is 0 Å². The van der Waals surface area contributed by atoms with E-state index in [4.69, 9.17) is 5.11 Å². The third-order valence-corrected chi connectivity index (χ3v) is 1.09. The molecule has 60 valence electrons. The molecule has 0 aliphatic rings. The summed E-state index contributed by atoms with van der Waals surface area (Å²) in [6.07, 6.45) is -2.18. The number of hydrogen-bond donors (Lipinski definition) is 1. The number of hydrogen-bond acceptors (Lipinski definition) is 2. The Bertz CT molecular complexity index is 264. The van der Waals surface area contributed by atoms with Gasteiger partial charge < -0.3 is 5.11 Å². The number of alkyl halides is 2. The van der Waals surface area contributed by atoms with Crippen molar-refractivity contribution in [1.29, 1.82) is 0 Å². The summed E-state index contributed by atoms with van der Waals surface area (Å²) < 4.78 is 36.0. The largest absolute Gasteiger partial charge is 0.506 e. The van der Waals surface area contributed by atoms with E-state index in [0.29, 0.717) is 6.07 Å². The summed E-state index contributed by atoms with van der Waals surface area (Å²) in [6, 6.07) is 0.646. The molecule has 0 amide bonds. The smallest absolute Gasteiger partial charge is 0.268 e. The molecule has 0 saturated carbocycles. The van der Waals surface area contributed by atoms with Gasteiger partial charge in [0.2, 0.25) is 5.95 Å². The fourth-order valence-corrected chi connectivity index (χ4v) is 0.607. The van der Waals surface area contributed by atoms with Gasteiger partial charge >= 0.3 is 0 Å². The lowest BCUT2D eigenvalue weighted by atomic mass is 10.3. The van der Waals surface area contributed by atoms with Crippen molar-refractivity contribution in [2.75, 3.05) is 0 Å². The van der Waals surface area contributed by atoms with Crippen molar-refractivity contribution in [1.82, 2.24) is 4.98 Å². The molecule has 0 bridgehead atoms. The van der Waals surface area contributed by atoms with Crippen LogP contribution in [-0.4, -0.2) is 10.1 Å². The van der Waals surface area contributed by atoms with Gasteiger partial charge in [0.15, 0.2) is 0 Å². The van der Waals surface area contributed by atoms with E-state index in [0.717, 1.165) is 6.20 Å². The summed E-state index contributed by atoms with van der Waals surface area (Å²) in [4.78, 5) is 2.90. The van der Waals surface area contributed by atoms with E-state index in [-0.39, 0.29) is 0 Å². The molecular formula is C6H4F3NO. The minimum Gasteiger partial charge on any atom is -0.506 e. The summed E-state index contributed by atoms with van der Waals surface area (Å²) in [5.41, 5.74) is -0.884. The normalized spacial score (nSPS) is 10.5. The van der Waals surface area contributed by atoms with Crippen molar-refractivity contribution in [3.63, 3.8) is 0 Å². The average molecular weight is 163 g/mol. The van der Waals surface area contributed by atoms with Crippen LogP contribution in [0.2, 0.25) is 0 Å². The third-order valence-electron chi connectivity index (χ3n) is 1.09. The molecule has 0 radical (unpaired) electrons. The Labute approximate surface area is 60.3 Å². The van der Waals surface area contributed by atoms with Crippen molar-refractivity contribution < 1.29 is 18.3 Å². The van der Waals surface area contributed by atoms with Crippen LogP contribution in [0.5, 0.6) is 5.75 Å². The predicted octanol–water partition coefficient (Wildman–Crippen LogP) is 1.86. The van der Waals surface area contributed by atoms with Crippen LogP contribution in [0.3, 0.4) is 0 Å². The van der Waals surface area contributed by atoms with Crippen molar-refractivity contribution in [3.05, 3.63) is 23.8 Å². The number of aromatic nitrogens is 1. The summed E-state index contributed by atoms with van der Waals surface area (Å²) in [5.74, 6) is -1.72. The molecule has 1 aromatic rings. The first-order valence-electron chi connectivity index (χ1n) is 2.74. The Morgan fingerprint density at radius 1 is 1.45 bits per heavy atom. The van der Waals surface area contributed by atoms with E-state index in [1.54, 1.807) is 0 Å². The molecule has 0 saturated heterocycles. The van der Waals surface area contributed by atoms with Crippen LogP contribution in [0, 0.1) is 5.95 Å². The van der Waals surface area contributed by atoms with Crippen LogP contribution in [0.25, 0.3) is 0 Å². The first-order valence-corrected chi connectivity index (χ1v) is 2.74. The maximum atomic E-state index is 12.3. The molecule has 1 heterocycles. The highest BCUT2D eigenvalue weighted by molar-refractivity contribution is 5.23. The van der Waals surface area contributed by atoms with Gasteiger partial charge in [-0.2, -0.15) is 4.39 Å². The Balaban J connectivity index is 3.13. The monoisotopic (exact) mass is 163 g/mol. The van der Waals surface area contributed by atoms with E-state index < -0.39 is 23.7 Å². The zero-order chi connectivity index (χ0) is 8.43. The Morgan fingerprint density at radius 2 is 2.09 bits per heavy atom. The SMILES string of the molecule is Oc1cnc(F)c(C(F)F)c1. The molecule has 1 aromatic heterocycles. The molecular weight excluding hydrogens is 159 g/mol. The highest BCUT2D eigenvalue weighted by Crippen LogP contribution is 2.23. The van der Waals surface area contributed by atoms with E-state index in [2.05, 4.69) is 4.98 Å². The molecule has 0 fully saturated rings. The number of nitrogens with zero attached hydrogens (tertiary/aromatic N) is 1. The van der Waals surface area contributed by atoms with Crippen LogP contribution < -0.4 is 0 Å². The summed E-state index contributed by atoms with van der Waals surface area (Å²) in [6.45, 7) is 0. The molecule has 1 rings (SSSR count). The zero-order valence-electron chi connectivity index (χ0n) is 5.26. The van der Waals surface area contributed by atoms with E-state index in [9.17, 15) is 13.2 Å². The number of aromatic hydroxyl groups is 1. The van der Waals surface area contributed by atoms with Crippen LogP contribution >= 0.6 is 0 Å². The Morgan fingerprint density at radius 3 is 2.55 bits per heavy atom. The van der Waals surface area contributed by atoms with Gasteiger partial charge in [0.25, 0.3) is 6.43 Å². The minimum atomic E-state index is -2.95. The lowest BCUT2D eigenvalue weighted by Crippen LogP contribution is -1.92. The molecule has 0 spiro atoms. The Kier molecular flexibility index (Phi) is 1.98. The number of halogens is 3. The summed E-state index contributed by atoms with van der Waals surface area (Å²) in [7, 11) is 0. The first kappa shape index (κ1) is 7.84. The van der Waals surface area contributed by atoms with Gasteiger partial charge in [-0.15, -0.1) is 0 Å². The second-order valence-corrected chi connectivity index (χ2v) is 1.87. The van der Waals surface area contributed by atoms with Gasteiger partial charge in [-0.25, -0.2) is 13.8 Å². The lowest BCUT2D eigenvalue weighted by molar-refractivity contribution is 0.144. The molecule has 0 aromatic carbocycles.